The lowest BCUT2D eigenvalue weighted by Crippen LogP contribution is -2.35. The molecule has 0 bridgehead atoms. The van der Waals surface area contributed by atoms with Crippen molar-refractivity contribution < 1.29 is 9.53 Å². The quantitative estimate of drug-likeness (QED) is 0.339. The van der Waals surface area contributed by atoms with E-state index in [0.717, 1.165) is 11.5 Å². The highest BCUT2D eigenvalue weighted by Crippen LogP contribution is 2.18. The molecule has 0 saturated carbocycles. The second-order valence-electron chi connectivity index (χ2n) is 2.69. The molecule has 0 spiro atoms. The molecule has 0 unspecified atom stereocenters. The number of rotatable bonds is 1. The molecule has 4 nitrogen and oxygen atoms in total. The topological polar surface area (TPSA) is 64.4 Å². The summed E-state index contributed by atoms with van der Waals surface area (Å²) in [5.41, 5.74) is 2.09. The van der Waals surface area contributed by atoms with Gasteiger partial charge in [-0.1, -0.05) is 0 Å². The van der Waals surface area contributed by atoms with E-state index in [9.17, 15) is 4.79 Å². The Kier molecular flexibility index (Phi) is 2.50. The maximum absolute atomic E-state index is 11.1. The van der Waals surface area contributed by atoms with Crippen LogP contribution in [0, 0.1) is 5.92 Å². The van der Waals surface area contributed by atoms with Gasteiger partial charge in [0.2, 0.25) is 5.91 Å². The Balaban J connectivity index is 2.77. The van der Waals surface area contributed by atoms with E-state index in [1.807, 2.05) is 0 Å². The van der Waals surface area contributed by atoms with Gasteiger partial charge in [-0.15, -0.1) is 0 Å². The van der Waals surface area contributed by atoms with Crippen molar-refractivity contribution in [1.29, 1.82) is 0 Å². The summed E-state index contributed by atoms with van der Waals surface area (Å²) in [6, 6.07) is 0. The van der Waals surface area contributed by atoms with Crippen LogP contribution in [0.4, 0.5) is 0 Å². The minimum Gasteiger partial charge on any atom is -0.467 e. The first-order valence-electron chi connectivity index (χ1n) is 3.68. The summed E-state index contributed by atoms with van der Waals surface area (Å²) in [5.74, 6) is 5.92. The summed E-state index contributed by atoms with van der Waals surface area (Å²) in [5, 5.41) is 0. The number of amides is 1. The molecule has 0 aliphatic carbocycles. The van der Waals surface area contributed by atoms with Crippen molar-refractivity contribution in [2.45, 2.75) is 13.8 Å². The number of carbonyl (C=O) groups excluding carboxylic acids is 1. The lowest BCUT2D eigenvalue weighted by Gasteiger charge is -2.16. The van der Waals surface area contributed by atoms with E-state index in [4.69, 9.17) is 10.6 Å². The highest BCUT2D eigenvalue weighted by atomic mass is 16.5. The van der Waals surface area contributed by atoms with Gasteiger partial charge < -0.3 is 4.74 Å². The maximum atomic E-state index is 11.1. The lowest BCUT2D eigenvalue weighted by molar-refractivity contribution is -0.122. The molecule has 1 amide bonds. The Morgan fingerprint density at radius 1 is 1.50 bits per heavy atom. The molecule has 66 valence electrons. The molecule has 12 heavy (non-hydrogen) atoms. The summed E-state index contributed by atoms with van der Waals surface area (Å²) in [6.07, 6.45) is 3.43. The van der Waals surface area contributed by atoms with Crippen LogP contribution < -0.4 is 11.3 Å². The van der Waals surface area contributed by atoms with Crippen LogP contribution in [0.3, 0.4) is 0 Å². The predicted octanol–water partition coefficient (Wildman–Crippen LogP) is 0.430. The number of hydrazine groups is 1. The van der Waals surface area contributed by atoms with Gasteiger partial charge in [-0.2, -0.15) is 0 Å². The molecule has 0 aromatic heterocycles. The van der Waals surface area contributed by atoms with E-state index in [1.54, 1.807) is 26.0 Å². The zero-order valence-electron chi connectivity index (χ0n) is 7.13. The molecule has 1 aliphatic heterocycles. The van der Waals surface area contributed by atoms with E-state index >= 15 is 0 Å². The monoisotopic (exact) mass is 168 g/mol. The van der Waals surface area contributed by atoms with Crippen molar-refractivity contribution in [2.75, 3.05) is 0 Å². The van der Waals surface area contributed by atoms with Crippen LogP contribution in [0.25, 0.3) is 0 Å². The number of hydrogen-bond donors (Lipinski definition) is 2. The molecule has 1 aliphatic rings. The van der Waals surface area contributed by atoms with Gasteiger partial charge in [0.05, 0.1) is 17.4 Å². The first-order chi connectivity index (χ1) is 5.63. The van der Waals surface area contributed by atoms with Gasteiger partial charge in [0.25, 0.3) is 0 Å². The maximum Gasteiger partial charge on any atom is 0.244 e. The van der Waals surface area contributed by atoms with Crippen LogP contribution in [0.2, 0.25) is 0 Å². The van der Waals surface area contributed by atoms with Crippen LogP contribution in [0.1, 0.15) is 13.8 Å². The van der Waals surface area contributed by atoms with Crippen molar-refractivity contribution in [3.05, 3.63) is 23.7 Å². The molecule has 4 heteroatoms. The average Bonchev–Trinajstić information content (AvgIpc) is 2.01. The largest absolute Gasteiger partial charge is 0.467 e. The molecular formula is C8H12N2O2. The third-order valence-corrected chi connectivity index (χ3v) is 1.60. The van der Waals surface area contributed by atoms with Crippen molar-refractivity contribution in [3.63, 3.8) is 0 Å². The summed E-state index contributed by atoms with van der Waals surface area (Å²) < 4.78 is 5.21. The van der Waals surface area contributed by atoms with Crippen molar-refractivity contribution in [2.24, 2.45) is 11.8 Å². The van der Waals surface area contributed by atoms with Gasteiger partial charge in [0.1, 0.15) is 0 Å². The van der Waals surface area contributed by atoms with Gasteiger partial charge in [-0.05, 0) is 26.0 Å². The SMILES string of the molecule is CC1=CC(C(=O)NN)C=C(C)O1. The third-order valence-electron chi connectivity index (χ3n) is 1.60. The first-order valence-corrected chi connectivity index (χ1v) is 3.68. The lowest BCUT2D eigenvalue weighted by atomic mass is 10.1. The number of allylic oxidation sites excluding steroid dienone is 2. The smallest absolute Gasteiger partial charge is 0.244 e. The predicted molar refractivity (Wildman–Crippen MR) is 44.4 cm³/mol. The van der Waals surface area contributed by atoms with Crippen LogP contribution in [0.15, 0.2) is 23.7 Å². The molecule has 0 radical (unpaired) electrons. The first kappa shape index (κ1) is 8.80. The van der Waals surface area contributed by atoms with Crippen molar-refractivity contribution in [3.8, 4) is 0 Å². The van der Waals surface area contributed by atoms with Gasteiger partial charge in [0, 0.05) is 0 Å². The number of carbonyl (C=O) groups is 1. The molecule has 0 aromatic rings. The van der Waals surface area contributed by atoms with Gasteiger partial charge in [-0.3, -0.25) is 10.2 Å². The minimum absolute atomic E-state index is 0.225. The molecule has 1 rings (SSSR count). The third kappa shape index (κ3) is 1.85. The zero-order chi connectivity index (χ0) is 9.14. The number of nitrogens with two attached hydrogens (primary N) is 1. The molecule has 0 aromatic carbocycles. The van der Waals surface area contributed by atoms with E-state index < -0.39 is 0 Å². The molecule has 0 atom stereocenters. The summed E-state index contributed by atoms with van der Waals surface area (Å²) in [7, 11) is 0. The summed E-state index contributed by atoms with van der Waals surface area (Å²) in [4.78, 5) is 11.1. The second-order valence-corrected chi connectivity index (χ2v) is 2.69. The van der Waals surface area contributed by atoms with Gasteiger partial charge >= 0.3 is 0 Å². The molecule has 3 N–H and O–H groups in total. The van der Waals surface area contributed by atoms with E-state index in [1.165, 1.54) is 0 Å². The highest BCUT2D eigenvalue weighted by Gasteiger charge is 2.17. The fourth-order valence-corrected chi connectivity index (χ4v) is 1.12. The minimum atomic E-state index is -0.302. The molecule has 0 saturated heterocycles. The standard InChI is InChI=1S/C8H12N2O2/c1-5-3-7(8(11)10-9)4-6(2)12-5/h3-4,7H,9H2,1-2H3,(H,10,11). The Morgan fingerprint density at radius 2 is 2.00 bits per heavy atom. The Labute approximate surface area is 71.0 Å². The van der Waals surface area contributed by atoms with E-state index in [-0.39, 0.29) is 11.8 Å². The molecule has 0 fully saturated rings. The van der Waals surface area contributed by atoms with E-state index in [2.05, 4.69) is 5.43 Å². The zero-order valence-corrected chi connectivity index (χ0v) is 7.13. The number of ether oxygens (including phenoxy) is 1. The number of nitrogens with one attached hydrogen (secondary N) is 1. The van der Waals surface area contributed by atoms with Gasteiger partial charge in [-0.25, -0.2) is 5.84 Å². The van der Waals surface area contributed by atoms with Crippen LogP contribution in [-0.2, 0) is 9.53 Å². The Hall–Kier alpha value is -1.29. The normalized spacial score (nSPS) is 17.6. The summed E-state index contributed by atoms with van der Waals surface area (Å²) in [6.45, 7) is 3.60. The average molecular weight is 168 g/mol. The van der Waals surface area contributed by atoms with Crippen LogP contribution in [-0.4, -0.2) is 5.91 Å². The Bertz CT molecular complexity index is 238. The fourth-order valence-electron chi connectivity index (χ4n) is 1.12. The number of hydrogen-bond acceptors (Lipinski definition) is 3. The fraction of sp³-hybridized carbons (Fsp3) is 0.375. The van der Waals surface area contributed by atoms with Gasteiger partial charge in [0.15, 0.2) is 0 Å². The summed E-state index contributed by atoms with van der Waals surface area (Å²) >= 11 is 0. The highest BCUT2D eigenvalue weighted by molar-refractivity contribution is 5.82. The molecule has 1 heterocycles. The van der Waals surface area contributed by atoms with E-state index in [0.29, 0.717) is 0 Å². The van der Waals surface area contributed by atoms with Crippen molar-refractivity contribution in [1.82, 2.24) is 5.43 Å². The second kappa shape index (κ2) is 3.40. The molecular weight excluding hydrogens is 156 g/mol. The van der Waals surface area contributed by atoms with Crippen LogP contribution >= 0.6 is 0 Å². The Morgan fingerprint density at radius 3 is 2.42 bits per heavy atom. The van der Waals surface area contributed by atoms with Crippen molar-refractivity contribution >= 4 is 5.91 Å². The van der Waals surface area contributed by atoms with Crippen LogP contribution in [0.5, 0.6) is 0 Å².